The molecule has 2 rings (SSSR count). The van der Waals surface area contributed by atoms with Gasteiger partial charge in [0.05, 0.1) is 0 Å². The number of hydrogen-bond donors (Lipinski definition) is 3. The quantitative estimate of drug-likeness (QED) is 0.738. The molecule has 0 unspecified atom stereocenters. The van der Waals surface area contributed by atoms with Crippen LogP contribution in [0, 0.1) is 12.8 Å². The molecule has 2 amide bonds. The molecule has 0 atom stereocenters. The zero-order chi connectivity index (χ0) is 19.3. The van der Waals surface area contributed by atoms with Crippen LogP contribution in [0.4, 0.5) is 5.69 Å². The van der Waals surface area contributed by atoms with Crippen LogP contribution < -0.4 is 10.6 Å². The van der Waals surface area contributed by atoms with E-state index in [2.05, 4.69) is 15.6 Å². The van der Waals surface area contributed by atoms with Gasteiger partial charge in [0.1, 0.15) is 11.4 Å². The summed E-state index contributed by atoms with van der Waals surface area (Å²) in [6, 6.07) is 9.16. The maximum absolute atomic E-state index is 12.3. The van der Waals surface area contributed by atoms with E-state index in [1.165, 1.54) is 18.2 Å². The lowest BCUT2D eigenvalue weighted by Gasteiger charge is -2.11. The molecule has 1 heterocycles. The van der Waals surface area contributed by atoms with Crippen LogP contribution in [0.25, 0.3) is 0 Å². The van der Waals surface area contributed by atoms with Crippen molar-refractivity contribution < 1.29 is 19.5 Å². The number of carboxylic acid groups (broad SMARTS) is 1. The lowest BCUT2D eigenvalue weighted by atomic mass is 10.1. The van der Waals surface area contributed by atoms with Crippen LogP contribution in [-0.4, -0.2) is 34.4 Å². The Kier molecular flexibility index (Phi) is 6.06. The Bertz CT molecular complexity index is 846. The molecule has 3 N–H and O–H groups in total. The number of rotatable bonds is 6. The van der Waals surface area contributed by atoms with E-state index < -0.39 is 11.9 Å². The molecule has 0 radical (unpaired) electrons. The molecule has 136 valence electrons. The van der Waals surface area contributed by atoms with Gasteiger partial charge in [-0.25, -0.2) is 9.78 Å². The number of hydrogen-bond acceptors (Lipinski definition) is 4. The number of carbonyl (C=O) groups is 3. The predicted octanol–water partition coefficient (Wildman–Crippen LogP) is 2.73. The molecule has 1 aromatic carbocycles. The van der Waals surface area contributed by atoms with E-state index in [9.17, 15) is 14.4 Å². The summed E-state index contributed by atoms with van der Waals surface area (Å²) in [4.78, 5) is 39.1. The Balaban J connectivity index is 2.12. The van der Waals surface area contributed by atoms with Crippen LogP contribution in [-0.2, 0) is 0 Å². The van der Waals surface area contributed by atoms with Crippen molar-refractivity contribution in [2.24, 2.45) is 5.92 Å². The number of aromatic carboxylic acids is 1. The molecular weight excluding hydrogens is 334 g/mol. The van der Waals surface area contributed by atoms with Crippen molar-refractivity contribution in [2.45, 2.75) is 20.8 Å². The minimum absolute atomic E-state index is 0.00283. The molecule has 7 nitrogen and oxygen atoms in total. The van der Waals surface area contributed by atoms with Crippen molar-refractivity contribution in [3.05, 3.63) is 58.9 Å². The number of anilines is 1. The van der Waals surface area contributed by atoms with Gasteiger partial charge in [-0.3, -0.25) is 9.59 Å². The van der Waals surface area contributed by atoms with Crippen molar-refractivity contribution in [3.63, 3.8) is 0 Å². The predicted molar refractivity (Wildman–Crippen MR) is 97.5 cm³/mol. The zero-order valence-electron chi connectivity index (χ0n) is 14.9. The third-order valence-corrected chi connectivity index (χ3v) is 3.61. The lowest BCUT2D eigenvalue weighted by Crippen LogP contribution is -2.27. The number of carbonyl (C=O) groups excluding carboxylic acids is 2. The summed E-state index contributed by atoms with van der Waals surface area (Å²) in [5, 5.41) is 14.5. The summed E-state index contributed by atoms with van der Waals surface area (Å²) >= 11 is 0. The molecule has 0 saturated carbocycles. The Labute approximate surface area is 151 Å². The maximum atomic E-state index is 12.3. The van der Waals surface area contributed by atoms with E-state index in [4.69, 9.17) is 5.11 Å². The summed E-state index contributed by atoms with van der Waals surface area (Å²) in [6.45, 7) is 6.38. The standard InChI is InChI=1S/C19H21N3O4/c1-11(2)10-20-17(23)13-7-8-14(12(3)9-13)22-18(24)15-5-4-6-16(21-15)19(25)26/h4-9,11H,10H2,1-3H3,(H,20,23)(H,22,24)(H,25,26). The molecule has 2 aromatic rings. The smallest absolute Gasteiger partial charge is 0.354 e. The minimum Gasteiger partial charge on any atom is -0.477 e. The lowest BCUT2D eigenvalue weighted by molar-refractivity contribution is 0.0690. The molecule has 0 aliphatic carbocycles. The normalized spacial score (nSPS) is 10.5. The van der Waals surface area contributed by atoms with E-state index in [1.807, 2.05) is 13.8 Å². The molecule has 0 spiro atoms. The highest BCUT2D eigenvalue weighted by atomic mass is 16.4. The second-order valence-corrected chi connectivity index (χ2v) is 6.30. The second kappa shape index (κ2) is 8.24. The average molecular weight is 355 g/mol. The summed E-state index contributed by atoms with van der Waals surface area (Å²) in [5.41, 5.74) is 1.55. The Morgan fingerprint density at radius 2 is 1.77 bits per heavy atom. The van der Waals surface area contributed by atoms with Gasteiger partial charge >= 0.3 is 5.97 Å². The van der Waals surface area contributed by atoms with Gasteiger partial charge in [0, 0.05) is 17.8 Å². The van der Waals surface area contributed by atoms with Gasteiger partial charge in [-0.05, 0) is 48.7 Å². The molecule has 0 saturated heterocycles. The summed E-state index contributed by atoms with van der Waals surface area (Å²) in [5.74, 6) is -1.54. The fourth-order valence-corrected chi connectivity index (χ4v) is 2.21. The van der Waals surface area contributed by atoms with Crippen LogP contribution in [0.15, 0.2) is 36.4 Å². The van der Waals surface area contributed by atoms with Gasteiger partial charge in [0.2, 0.25) is 0 Å². The highest BCUT2D eigenvalue weighted by Gasteiger charge is 2.14. The highest BCUT2D eigenvalue weighted by molar-refractivity contribution is 6.04. The van der Waals surface area contributed by atoms with Crippen LogP contribution in [0.1, 0.15) is 50.7 Å². The fraction of sp³-hybridized carbons (Fsp3) is 0.263. The van der Waals surface area contributed by atoms with E-state index in [0.717, 1.165) is 0 Å². The topological polar surface area (TPSA) is 108 Å². The largest absolute Gasteiger partial charge is 0.477 e. The molecule has 7 heteroatoms. The van der Waals surface area contributed by atoms with Crippen LogP contribution in [0.2, 0.25) is 0 Å². The van der Waals surface area contributed by atoms with Crippen molar-refractivity contribution in [3.8, 4) is 0 Å². The highest BCUT2D eigenvalue weighted by Crippen LogP contribution is 2.17. The number of aromatic nitrogens is 1. The first-order chi connectivity index (χ1) is 12.3. The third-order valence-electron chi connectivity index (χ3n) is 3.61. The number of aryl methyl sites for hydroxylation is 1. The molecular formula is C19H21N3O4. The first-order valence-electron chi connectivity index (χ1n) is 8.18. The first-order valence-corrected chi connectivity index (χ1v) is 8.18. The van der Waals surface area contributed by atoms with Gasteiger partial charge < -0.3 is 15.7 Å². The Morgan fingerprint density at radius 3 is 2.38 bits per heavy atom. The monoisotopic (exact) mass is 355 g/mol. The Hall–Kier alpha value is -3.22. The van der Waals surface area contributed by atoms with Crippen molar-refractivity contribution in [1.82, 2.24) is 10.3 Å². The molecule has 0 aliphatic heterocycles. The van der Waals surface area contributed by atoms with Gasteiger partial charge in [0.15, 0.2) is 0 Å². The van der Waals surface area contributed by atoms with Crippen LogP contribution in [0.5, 0.6) is 0 Å². The van der Waals surface area contributed by atoms with Gasteiger partial charge in [0.25, 0.3) is 11.8 Å². The maximum Gasteiger partial charge on any atom is 0.354 e. The fourth-order valence-electron chi connectivity index (χ4n) is 2.21. The van der Waals surface area contributed by atoms with Crippen molar-refractivity contribution in [1.29, 1.82) is 0 Å². The molecule has 0 aliphatic rings. The number of nitrogens with zero attached hydrogens (tertiary/aromatic N) is 1. The number of benzene rings is 1. The Morgan fingerprint density at radius 1 is 1.08 bits per heavy atom. The van der Waals surface area contributed by atoms with Gasteiger partial charge in [-0.1, -0.05) is 19.9 Å². The number of amides is 2. The third kappa shape index (κ3) is 4.89. The second-order valence-electron chi connectivity index (χ2n) is 6.30. The van der Waals surface area contributed by atoms with E-state index in [0.29, 0.717) is 29.3 Å². The number of pyridine rings is 1. The van der Waals surface area contributed by atoms with Gasteiger partial charge in [-0.2, -0.15) is 0 Å². The van der Waals surface area contributed by atoms with Crippen molar-refractivity contribution >= 4 is 23.5 Å². The molecule has 0 bridgehead atoms. The summed E-state index contributed by atoms with van der Waals surface area (Å²) in [6.07, 6.45) is 0. The average Bonchev–Trinajstić information content (AvgIpc) is 2.61. The van der Waals surface area contributed by atoms with E-state index in [1.54, 1.807) is 25.1 Å². The van der Waals surface area contributed by atoms with E-state index in [-0.39, 0.29) is 17.3 Å². The molecule has 26 heavy (non-hydrogen) atoms. The molecule has 1 aromatic heterocycles. The van der Waals surface area contributed by atoms with Crippen LogP contribution >= 0.6 is 0 Å². The number of carboxylic acids is 1. The first kappa shape index (κ1) is 19.1. The number of nitrogens with one attached hydrogen (secondary N) is 2. The zero-order valence-corrected chi connectivity index (χ0v) is 14.9. The van der Waals surface area contributed by atoms with Gasteiger partial charge in [-0.15, -0.1) is 0 Å². The summed E-state index contributed by atoms with van der Waals surface area (Å²) in [7, 11) is 0. The van der Waals surface area contributed by atoms with Crippen molar-refractivity contribution in [2.75, 3.05) is 11.9 Å². The minimum atomic E-state index is -1.20. The SMILES string of the molecule is Cc1cc(C(=O)NCC(C)C)ccc1NC(=O)c1cccc(C(=O)O)n1. The van der Waals surface area contributed by atoms with Crippen LogP contribution in [0.3, 0.4) is 0 Å². The van der Waals surface area contributed by atoms with E-state index >= 15 is 0 Å². The summed E-state index contributed by atoms with van der Waals surface area (Å²) < 4.78 is 0. The molecule has 0 fully saturated rings.